The highest BCUT2D eigenvalue weighted by Crippen LogP contribution is 2.24. The molecule has 7 nitrogen and oxygen atoms in total. The Morgan fingerprint density at radius 2 is 1.90 bits per heavy atom. The molecule has 9 heteroatoms. The summed E-state index contributed by atoms with van der Waals surface area (Å²) < 4.78 is 38.7. The zero-order valence-corrected chi connectivity index (χ0v) is 17.9. The molecule has 0 aliphatic heterocycles. The Morgan fingerprint density at radius 1 is 1.13 bits per heavy atom. The van der Waals surface area contributed by atoms with Gasteiger partial charge in [-0.3, -0.25) is 14.9 Å². The molecule has 4 rings (SSSR count). The highest BCUT2D eigenvalue weighted by Gasteiger charge is 2.16. The van der Waals surface area contributed by atoms with Gasteiger partial charge in [0.1, 0.15) is 5.82 Å². The Kier molecular flexibility index (Phi) is 5.06. The van der Waals surface area contributed by atoms with Gasteiger partial charge in [-0.1, -0.05) is 12.1 Å². The van der Waals surface area contributed by atoms with Crippen molar-refractivity contribution in [3.63, 3.8) is 0 Å². The highest BCUT2D eigenvalue weighted by atomic mass is 32.2. The van der Waals surface area contributed by atoms with Crippen molar-refractivity contribution in [1.82, 2.24) is 14.6 Å². The molecule has 0 aliphatic rings. The van der Waals surface area contributed by atoms with E-state index in [1.807, 2.05) is 6.92 Å². The third-order valence-corrected chi connectivity index (χ3v) is 6.04. The molecule has 0 radical (unpaired) electrons. The number of aryl methyl sites for hydroxylation is 2. The number of nitrogens with one attached hydrogen (secondary N) is 1. The molecule has 0 aliphatic carbocycles. The van der Waals surface area contributed by atoms with Crippen molar-refractivity contribution in [3.05, 3.63) is 77.5 Å². The van der Waals surface area contributed by atoms with E-state index in [4.69, 9.17) is 0 Å². The van der Waals surface area contributed by atoms with Crippen LogP contribution in [-0.4, -0.2) is 35.2 Å². The van der Waals surface area contributed by atoms with Crippen LogP contribution in [0.1, 0.15) is 21.6 Å². The predicted octanol–water partition coefficient (Wildman–Crippen LogP) is 3.64. The molecule has 0 fully saturated rings. The molecule has 1 N–H and O–H groups in total. The van der Waals surface area contributed by atoms with E-state index in [0.717, 1.165) is 17.2 Å². The van der Waals surface area contributed by atoms with E-state index in [0.29, 0.717) is 22.6 Å². The number of halogens is 1. The molecular formula is C22H19FN4O3S. The van der Waals surface area contributed by atoms with Gasteiger partial charge in [0.2, 0.25) is 0 Å². The number of nitrogens with zero attached hydrogens (tertiary/aromatic N) is 3. The number of hydrogen-bond donors (Lipinski definition) is 1. The number of fused-ring (bicyclic) bond motifs is 1. The molecule has 4 aromatic rings. The molecule has 2 aromatic carbocycles. The van der Waals surface area contributed by atoms with E-state index >= 15 is 0 Å². The summed E-state index contributed by atoms with van der Waals surface area (Å²) >= 11 is 0. The quantitative estimate of drug-likeness (QED) is 0.525. The maximum absolute atomic E-state index is 13.5. The van der Waals surface area contributed by atoms with E-state index < -0.39 is 21.6 Å². The monoisotopic (exact) mass is 438 g/mol. The smallest absolute Gasteiger partial charge is 0.267 e. The van der Waals surface area contributed by atoms with E-state index in [1.165, 1.54) is 24.4 Å². The van der Waals surface area contributed by atoms with E-state index in [9.17, 15) is 17.6 Å². The Bertz CT molecular complexity index is 1440. The molecular weight excluding hydrogens is 419 g/mol. The average Bonchev–Trinajstić information content (AvgIpc) is 3.02. The first kappa shape index (κ1) is 20.7. The topological polar surface area (TPSA) is 93.9 Å². The van der Waals surface area contributed by atoms with Gasteiger partial charge in [-0.15, -0.1) is 0 Å². The SMILES string of the molecule is Cc1nc(-c2cccc(F)c2)ncc1C(=O)Nn1cc(C)c2cc(S(C)(=O)=O)ccc21. The summed E-state index contributed by atoms with van der Waals surface area (Å²) in [6.07, 6.45) is 4.27. The summed E-state index contributed by atoms with van der Waals surface area (Å²) in [5, 5.41) is 0.720. The minimum Gasteiger partial charge on any atom is -0.267 e. The third kappa shape index (κ3) is 4.04. The molecule has 2 aromatic heterocycles. The lowest BCUT2D eigenvalue weighted by molar-refractivity contribution is 0.101. The van der Waals surface area contributed by atoms with Crippen LogP contribution in [0.25, 0.3) is 22.3 Å². The van der Waals surface area contributed by atoms with Crippen molar-refractivity contribution in [2.45, 2.75) is 18.7 Å². The molecule has 0 saturated heterocycles. The van der Waals surface area contributed by atoms with Crippen LogP contribution in [0.4, 0.5) is 4.39 Å². The minimum absolute atomic E-state index is 0.212. The molecule has 2 heterocycles. The second-order valence-corrected chi connectivity index (χ2v) is 9.29. The average molecular weight is 438 g/mol. The van der Waals surface area contributed by atoms with Crippen molar-refractivity contribution in [2.24, 2.45) is 0 Å². The number of sulfone groups is 1. The summed E-state index contributed by atoms with van der Waals surface area (Å²) in [6.45, 7) is 3.51. The van der Waals surface area contributed by atoms with E-state index in [2.05, 4.69) is 15.4 Å². The van der Waals surface area contributed by atoms with Crippen LogP contribution < -0.4 is 5.43 Å². The largest absolute Gasteiger partial charge is 0.273 e. The fourth-order valence-electron chi connectivity index (χ4n) is 3.32. The lowest BCUT2D eigenvalue weighted by Crippen LogP contribution is -2.23. The van der Waals surface area contributed by atoms with Crippen molar-refractivity contribution >= 4 is 26.6 Å². The first-order valence-electron chi connectivity index (χ1n) is 9.36. The van der Waals surface area contributed by atoms with E-state index in [-0.39, 0.29) is 10.5 Å². The fourth-order valence-corrected chi connectivity index (χ4v) is 3.97. The maximum atomic E-state index is 13.5. The van der Waals surface area contributed by atoms with Gasteiger partial charge in [-0.25, -0.2) is 22.8 Å². The van der Waals surface area contributed by atoms with Crippen LogP contribution in [0, 0.1) is 19.7 Å². The lowest BCUT2D eigenvalue weighted by atomic mass is 10.2. The van der Waals surface area contributed by atoms with Crippen LogP contribution >= 0.6 is 0 Å². The molecule has 0 saturated carbocycles. The second-order valence-electron chi connectivity index (χ2n) is 7.28. The number of rotatable bonds is 4. The zero-order valence-electron chi connectivity index (χ0n) is 17.0. The Labute approximate surface area is 178 Å². The van der Waals surface area contributed by atoms with Gasteiger partial charge in [0, 0.05) is 29.6 Å². The number of amides is 1. The molecule has 0 unspecified atom stereocenters. The van der Waals surface area contributed by atoms with Gasteiger partial charge >= 0.3 is 0 Å². The summed E-state index contributed by atoms with van der Waals surface area (Å²) in [5.74, 6) is -0.494. The molecule has 1 amide bonds. The van der Waals surface area contributed by atoms with Crippen molar-refractivity contribution < 1.29 is 17.6 Å². The second kappa shape index (κ2) is 7.59. The van der Waals surface area contributed by atoms with Crippen LogP contribution in [-0.2, 0) is 9.84 Å². The first-order chi connectivity index (χ1) is 14.6. The van der Waals surface area contributed by atoms with Crippen molar-refractivity contribution in [1.29, 1.82) is 0 Å². The van der Waals surface area contributed by atoms with Crippen LogP contribution in [0.2, 0.25) is 0 Å². The number of benzene rings is 2. The molecule has 158 valence electrons. The minimum atomic E-state index is -3.34. The normalized spacial score (nSPS) is 11.6. The van der Waals surface area contributed by atoms with Gasteiger partial charge in [0.15, 0.2) is 15.7 Å². The van der Waals surface area contributed by atoms with Crippen molar-refractivity contribution in [3.8, 4) is 11.4 Å². The van der Waals surface area contributed by atoms with Gasteiger partial charge in [-0.05, 0) is 49.7 Å². The van der Waals surface area contributed by atoms with E-state index in [1.54, 1.807) is 42.1 Å². The molecule has 31 heavy (non-hydrogen) atoms. The number of carbonyl (C=O) groups excluding carboxylic acids is 1. The molecule has 0 bridgehead atoms. The molecule has 0 atom stereocenters. The zero-order chi connectivity index (χ0) is 22.3. The van der Waals surface area contributed by atoms with Gasteiger partial charge in [0.05, 0.1) is 21.7 Å². The maximum Gasteiger partial charge on any atom is 0.273 e. The van der Waals surface area contributed by atoms with Crippen LogP contribution in [0.3, 0.4) is 0 Å². The number of hydrogen-bond acceptors (Lipinski definition) is 5. The number of aromatic nitrogens is 3. The van der Waals surface area contributed by atoms with Gasteiger partial charge < -0.3 is 0 Å². The van der Waals surface area contributed by atoms with Crippen LogP contribution in [0.5, 0.6) is 0 Å². The predicted molar refractivity (Wildman–Crippen MR) is 116 cm³/mol. The lowest BCUT2D eigenvalue weighted by Gasteiger charge is -2.10. The third-order valence-electron chi connectivity index (χ3n) is 4.93. The summed E-state index contributed by atoms with van der Waals surface area (Å²) in [4.78, 5) is 21.6. The first-order valence-corrected chi connectivity index (χ1v) is 11.3. The fraction of sp³-hybridized carbons (Fsp3) is 0.136. The molecule has 0 spiro atoms. The Balaban J connectivity index is 1.65. The van der Waals surface area contributed by atoms with Gasteiger partial charge in [0.25, 0.3) is 5.91 Å². The number of carbonyl (C=O) groups is 1. The van der Waals surface area contributed by atoms with Crippen LogP contribution in [0.15, 0.2) is 59.8 Å². The Hall–Kier alpha value is -3.59. The van der Waals surface area contributed by atoms with Crippen molar-refractivity contribution in [2.75, 3.05) is 11.7 Å². The summed E-state index contributed by atoms with van der Waals surface area (Å²) in [6, 6.07) is 10.7. The van der Waals surface area contributed by atoms with Gasteiger partial charge in [-0.2, -0.15) is 0 Å². The summed E-state index contributed by atoms with van der Waals surface area (Å²) in [5.41, 5.74) is 5.49. The standard InChI is InChI=1S/C22H19FN4O3S/c1-13-12-27(20-8-7-17(10-18(13)20)31(3,29)30)26-22(28)19-11-24-21(25-14(19)2)15-5-4-6-16(23)9-15/h4-12H,1-3H3,(H,26,28). The summed E-state index contributed by atoms with van der Waals surface area (Å²) in [7, 11) is -3.34. The Morgan fingerprint density at radius 3 is 2.58 bits per heavy atom. The highest BCUT2D eigenvalue weighted by molar-refractivity contribution is 7.90.